The summed E-state index contributed by atoms with van der Waals surface area (Å²) in [6.07, 6.45) is 6.61. The fourth-order valence-electron chi connectivity index (χ4n) is 2.69. The van der Waals surface area contributed by atoms with Gasteiger partial charge in [0.05, 0.1) is 0 Å². The Morgan fingerprint density at radius 2 is 1.88 bits per heavy atom. The molecule has 0 aromatic rings. The molecule has 0 saturated carbocycles. The van der Waals surface area contributed by atoms with E-state index in [1.807, 2.05) is 0 Å². The van der Waals surface area contributed by atoms with Gasteiger partial charge in [-0.25, -0.2) is 0 Å². The van der Waals surface area contributed by atoms with Crippen LogP contribution < -0.4 is 5.32 Å². The second kappa shape index (κ2) is 7.25. The molecule has 94 valence electrons. The summed E-state index contributed by atoms with van der Waals surface area (Å²) in [5.74, 6) is 0.813. The Morgan fingerprint density at radius 1 is 1.12 bits per heavy atom. The molecule has 0 unspecified atom stereocenters. The van der Waals surface area contributed by atoms with Gasteiger partial charge in [-0.2, -0.15) is 0 Å². The van der Waals surface area contributed by atoms with Crippen molar-refractivity contribution >= 4 is 0 Å². The van der Waals surface area contributed by atoms with Crippen LogP contribution >= 0.6 is 0 Å². The van der Waals surface area contributed by atoms with Crippen molar-refractivity contribution in [3.8, 4) is 0 Å². The zero-order valence-electron chi connectivity index (χ0n) is 10.4. The minimum atomic E-state index is 0.813. The highest BCUT2D eigenvalue weighted by molar-refractivity contribution is 4.68. The number of nitrogens with one attached hydrogen (secondary N) is 1. The molecule has 2 rings (SSSR count). The van der Waals surface area contributed by atoms with Crippen molar-refractivity contribution in [2.75, 3.05) is 45.9 Å². The standard InChI is InChI=1S/C13H26N2O/c1-2-9-15(8-1)10-3-11-16-12-13-4-6-14-7-5-13/h13-14H,1-12H2. The Bertz CT molecular complexity index is 175. The summed E-state index contributed by atoms with van der Waals surface area (Å²) >= 11 is 0. The van der Waals surface area contributed by atoms with Crippen LogP contribution in [0.5, 0.6) is 0 Å². The second-order valence-electron chi connectivity index (χ2n) is 5.17. The number of rotatable bonds is 6. The molecule has 1 N–H and O–H groups in total. The van der Waals surface area contributed by atoms with Gasteiger partial charge >= 0.3 is 0 Å². The summed E-state index contributed by atoms with van der Waals surface area (Å²) in [5.41, 5.74) is 0. The van der Waals surface area contributed by atoms with Gasteiger partial charge in [0, 0.05) is 19.8 Å². The summed E-state index contributed by atoms with van der Waals surface area (Å²) in [5, 5.41) is 3.39. The smallest absolute Gasteiger partial charge is 0.0495 e. The normalized spacial score (nSPS) is 24.0. The third kappa shape index (κ3) is 4.40. The van der Waals surface area contributed by atoms with E-state index >= 15 is 0 Å². The van der Waals surface area contributed by atoms with Gasteiger partial charge in [0.2, 0.25) is 0 Å². The maximum absolute atomic E-state index is 5.78. The van der Waals surface area contributed by atoms with Gasteiger partial charge in [-0.3, -0.25) is 0 Å². The van der Waals surface area contributed by atoms with Gasteiger partial charge in [-0.05, 0) is 64.2 Å². The molecule has 2 aliphatic heterocycles. The molecule has 2 aliphatic rings. The molecule has 0 aromatic heterocycles. The van der Waals surface area contributed by atoms with Gasteiger partial charge in [0.25, 0.3) is 0 Å². The van der Waals surface area contributed by atoms with Crippen LogP contribution in [0.4, 0.5) is 0 Å². The molecule has 0 atom stereocenters. The summed E-state index contributed by atoms with van der Waals surface area (Å²) in [6, 6.07) is 0. The highest BCUT2D eigenvalue weighted by atomic mass is 16.5. The highest BCUT2D eigenvalue weighted by Gasteiger charge is 2.13. The highest BCUT2D eigenvalue weighted by Crippen LogP contribution is 2.12. The van der Waals surface area contributed by atoms with Crippen LogP contribution in [-0.4, -0.2) is 50.8 Å². The number of hydrogen-bond donors (Lipinski definition) is 1. The zero-order chi connectivity index (χ0) is 11.1. The minimum Gasteiger partial charge on any atom is -0.381 e. The zero-order valence-corrected chi connectivity index (χ0v) is 10.4. The molecule has 3 nitrogen and oxygen atoms in total. The first kappa shape index (κ1) is 12.3. The molecular weight excluding hydrogens is 200 g/mol. The van der Waals surface area contributed by atoms with Crippen LogP contribution in [0.2, 0.25) is 0 Å². The maximum Gasteiger partial charge on any atom is 0.0495 e. The summed E-state index contributed by atoms with van der Waals surface area (Å²) in [7, 11) is 0. The molecule has 2 saturated heterocycles. The van der Waals surface area contributed by atoms with Gasteiger partial charge in [-0.1, -0.05) is 0 Å². The van der Waals surface area contributed by atoms with E-state index in [-0.39, 0.29) is 0 Å². The quantitative estimate of drug-likeness (QED) is 0.695. The lowest BCUT2D eigenvalue weighted by Gasteiger charge is -2.22. The first-order valence-corrected chi connectivity index (χ1v) is 6.96. The number of likely N-dealkylation sites (tertiary alicyclic amines) is 1. The molecule has 0 bridgehead atoms. The SMILES string of the molecule is C1CCN(CCCOCC2CCNCC2)C1. The van der Waals surface area contributed by atoms with Crippen molar-refractivity contribution in [3.63, 3.8) is 0 Å². The number of nitrogens with zero attached hydrogens (tertiary/aromatic N) is 1. The topological polar surface area (TPSA) is 24.5 Å². The van der Waals surface area contributed by atoms with E-state index in [0.29, 0.717) is 0 Å². The number of ether oxygens (including phenoxy) is 1. The van der Waals surface area contributed by atoms with Gasteiger partial charge in [0.1, 0.15) is 0 Å². The Morgan fingerprint density at radius 3 is 2.62 bits per heavy atom. The predicted molar refractivity (Wildman–Crippen MR) is 66.7 cm³/mol. The molecule has 2 fully saturated rings. The summed E-state index contributed by atoms with van der Waals surface area (Å²) < 4.78 is 5.78. The van der Waals surface area contributed by atoms with E-state index in [2.05, 4.69) is 10.2 Å². The van der Waals surface area contributed by atoms with Crippen molar-refractivity contribution in [1.82, 2.24) is 10.2 Å². The van der Waals surface area contributed by atoms with E-state index in [9.17, 15) is 0 Å². The van der Waals surface area contributed by atoms with Crippen molar-refractivity contribution in [3.05, 3.63) is 0 Å². The van der Waals surface area contributed by atoms with Crippen LogP contribution in [0, 0.1) is 5.92 Å². The molecule has 0 amide bonds. The van der Waals surface area contributed by atoms with Crippen LogP contribution in [0.15, 0.2) is 0 Å². The second-order valence-corrected chi connectivity index (χ2v) is 5.17. The molecule has 0 radical (unpaired) electrons. The summed E-state index contributed by atoms with van der Waals surface area (Å²) in [4.78, 5) is 2.56. The van der Waals surface area contributed by atoms with E-state index in [0.717, 1.165) is 19.1 Å². The average molecular weight is 226 g/mol. The lowest BCUT2D eigenvalue weighted by Crippen LogP contribution is -2.30. The predicted octanol–water partition coefficient (Wildman–Crippen LogP) is 1.49. The van der Waals surface area contributed by atoms with E-state index in [1.165, 1.54) is 64.8 Å². The van der Waals surface area contributed by atoms with Crippen LogP contribution in [0.3, 0.4) is 0 Å². The maximum atomic E-state index is 5.78. The number of piperidine rings is 1. The third-order valence-electron chi connectivity index (χ3n) is 3.77. The van der Waals surface area contributed by atoms with Crippen molar-refractivity contribution in [1.29, 1.82) is 0 Å². The Hall–Kier alpha value is -0.120. The largest absolute Gasteiger partial charge is 0.381 e. The molecule has 0 spiro atoms. The van der Waals surface area contributed by atoms with Crippen LogP contribution in [0.25, 0.3) is 0 Å². The molecular formula is C13H26N2O. The molecule has 3 heteroatoms. The van der Waals surface area contributed by atoms with Crippen molar-refractivity contribution in [2.45, 2.75) is 32.1 Å². The van der Waals surface area contributed by atoms with Crippen LogP contribution in [-0.2, 0) is 4.74 Å². The van der Waals surface area contributed by atoms with Crippen LogP contribution in [0.1, 0.15) is 32.1 Å². The van der Waals surface area contributed by atoms with Gasteiger partial charge in [0.15, 0.2) is 0 Å². The molecule has 0 aromatic carbocycles. The Balaban J connectivity index is 1.42. The summed E-state index contributed by atoms with van der Waals surface area (Å²) in [6.45, 7) is 8.18. The molecule has 2 heterocycles. The Kier molecular flexibility index (Phi) is 5.59. The lowest BCUT2D eigenvalue weighted by atomic mass is 9.99. The first-order chi connectivity index (χ1) is 7.95. The van der Waals surface area contributed by atoms with Crippen molar-refractivity contribution < 1.29 is 4.74 Å². The third-order valence-corrected chi connectivity index (χ3v) is 3.77. The Labute approximate surface area is 99.5 Å². The van der Waals surface area contributed by atoms with Gasteiger partial charge < -0.3 is 15.0 Å². The monoisotopic (exact) mass is 226 g/mol. The average Bonchev–Trinajstić information content (AvgIpc) is 2.83. The fraction of sp³-hybridized carbons (Fsp3) is 1.00. The van der Waals surface area contributed by atoms with Crippen molar-refractivity contribution in [2.24, 2.45) is 5.92 Å². The fourth-order valence-corrected chi connectivity index (χ4v) is 2.69. The van der Waals surface area contributed by atoms with E-state index in [4.69, 9.17) is 4.74 Å². The van der Waals surface area contributed by atoms with E-state index in [1.54, 1.807) is 0 Å². The molecule has 16 heavy (non-hydrogen) atoms. The minimum absolute atomic E-state index is 0.813. The molecule has 0 aliphatic carbocycles. The lowest BCUT2D eigenvalue weighted by molar-refractivity contribution is 0.0814. The van der Waals surface area contributed by atoms with Gasteiger partial charge in [-0.15, -0.1) is 0 Å². The first-order valence-electron chi connectivity index (χ1n) is 6.96. The van der Waals surface area contributed by atoms with E-state index < -0.39 is 0 Å². The number of hydrogen-bond acceptors (Lipinski definition) is 3.